The van der Waals surface area contributed by atoms with Crippen molar-refractivity contribution in [1.82, 2.24) is 14.9 Å². The molecule has 25 heavy (non-hydrogen) atoms. The van der Waals surface area contributed by atoms with E-state index in [1.165, 1.54) is 0 Å². The molecule has 4 rings (SSSR count). The van der Waals surface area contributed by atoms with E-state index in [1.54, 1.807) is 18.5 Å². The highest BCUT2D eigenvalue weighted by molar-refractivity contribution is 6.07. The molecule has 0 unspecified atom stereocenters. The van der Waals surface area contributed by atoms with E-state index in [-0.39, 0.29) is 12.0 Å². The first-order valence-corrected chi connectivity index (χ1v) is 8.52. The van der Waals surface area contributed by atoms with Crippen LogP contribution in [0.2, 0.25) is 0 Å². The van der Waals surface area contributed by atoms with Gasteiger partial charge in [0, 0.05) is 43.9 Å². The van der Waals surface area contributed by atoms with Crippen molar-refractivity contribution in [2.75, 3.05) is 13.1 Å². The van der Waals surface area contributed by atoms with Crippen molar-refractivity contribution < 1.29 is 9.53 Å². The summed E-state index contributed by atoms with van der Waals surface area (Å²) in [7, 11) is 0. The van der Waals surface area contributed by atoms with Crippen molar-refractivity contribution in [3.8, 4) is 6.01 Å². The first kappa shape index (κ1) is 15.6. The van der Waals surface area contributed by atoms with E-state index < -0.39 is 0 Å². The van der Waals surface area contributed by atoms with Crippen LogP contribution in [0.25, 0.3) is 10.8 Å². The van der Waals surface area contributed by atoms with Crippen molar-refractivity contribution in [1.29, 1.82) is 0 Å². The molecule has 2 aromatic carbocycles. The van der Waals surface area contributed by atoms with E-state index in [0.29, 0.717) is 19.1 Å². The van der Waals surface area contributed by atoms with E-state index in [4.69, 9.17) is 4.74 Å². The number of ether oxygens (including phenoxy) is 1. The molecular formula is C20H19N3O2. The summed E-state index contributed by atoms with van der Waals surface area (Å²) in [6, 6.07) is 16.1. The number of benzene rings is 2. The average Bonchev–Trinajstić information content (AvgIpc) is 2.68. The van der Waals surface area contributed by atoms with Crippen molar-refractivity contribution in [3.63, 3.8) is 0 Å². The van der Waals surface area contributed by atoms with Gasteiger partial charge in [0.05, 0.1) is 0 Å². The maximum absolute atomic E-state index is 12.9. The Labute approximate surface area is 146 Å². The molecule has 0 bridgehead atoms. The topological polar surface area (TPSA) is 55.3 Å². The van der Waals surface area contributed by atoms with Crippen LogP contribution < -0.4 is 4.74 Å². The normalized spacial score (nSPS) is 15.3. The monoisotopic (exact) mass is 333 g/mol. The number of hydrogen-bond donors (Lipinski definition) is 0. The fourth-order valence-electron chi connectivity index (χ4n) is 3.25. The van der Waals surface area contributed by atoms with Gasteiger partial charge in [0.25, 0.3) is 5.91 Å². The van der Waals surface area contributed by atoms with Gasteiger partial charge in [-0.15, -0.1) is 0 Å². The SMILES string of the molecule is O=C(c1cccc2ccccc12)N1CCC(Oc2ncccn2)CC1. The Morgan fingerprint density at radius 2 is 1.68 bits per heavy atom. The van der Waals surface area contributed by atoms with Gasteiger partial charge in [-0.05, 0) is 22.9 Å². The molecule has 1 fully saturated rings. The molecule has 1 aliphatic rings. The van der Waals surface area contributed by atoms with E-state index >= 15 is 0 Å². The average molecular weight is 333 g/mol. The summed E-state index contributed by atoms with van der Waals surface area (Å²) >= 11 is 0. The lowest BCUT2D eigenvalue weighted by Gasteiger charge is -2.32. The number of carbonyl (C=O) groups excluding carboxylic acids is 1. The van der Waals surface area contributed by atoms with Gasteiger partial charge in [-0.1, -0.05) is 36.4 Å². The predicted octanol–water partition coefficient (Wildman–Crippen LogP) is 3.31. The van der Waals surface area contributed by atoms with Gasteiger partial charge in [-0.3, -0.25) is 4.79 Å². The molecule has 126 valence electrons. The zero-order valence-corrected chi connectivity index (χ0v) is 13.8. The number of carbonyl (C=O) groups is 1. The summed E-state index contributed by atoms with van der Waals surface area (Å²) in [5.41, 5.74) is 0.767. The second kappa shape index (κ2) is 6.89. The summed E-state index contributed by atoms with van der Waals surface area (Å²) < 4.78 is 5.80. The molecule has 1 aliphatic heterocycles. The van der Waals surface area contributed by atoms with Crippen LogP contribution in [0.3, 0.4) is 0 Å². The highest BCUT2D eigenvalue weighted by Crippen LogP contribution is 2.22. The third-order valence-corrected chi connectivity index (χ3v) is 4.56. The van der Waals surface area contributed by atoms with Crippen LogP contribution in [-0.4, -0.2) is 40.0 Å². The third-order valence-electron chi connectivity index (χ3n) is 4.56. The number of hydrogen-bond acceptors (Lipinski definition) is 4. The standard InChI is InChI=1S/C20H19N3O2/c24-19(18-8-3-6-15-5-1-2-7-17(15)18)23-13-9-16(10-14-23)25-20-21-11-4-12-22-20/h1-8,11-12,16H,9-10,13-14H2. The van der Waals surface area contributed by atoms with E-state index in [1.807, 2.05) is 47.4 Å². The molecule has 0 aliphatic carbocycles. The molecule has 2 heterocycles. The Bertz CT molecular complexity index is 869. The van der Waals surface area contributed by atoms with E-state index in [9.17, 15) is 4.79 Å². The number of piperidine rings is 1. The van der Waals surface area contributed by atoms with Gasteiger partial charge in [0.1, 0.15) is 6.10 Å². The summed E-state index contributed by atoms with van der Waals surface area (Å²) in [6.45, 7) is 1.36. The molecule has 5 heteroatoms. The molecule has 1 amide bonds. The lowest BCUT2D eigenvalue weighted by Crippen LogP contribution is -2.42. The smallest absolute Gasteiger partial charge is 0.316 e. The number of nitrogens with zero attached hydrogens (tertiary/aromatic N) is 3. The molecule has 3 aromatic rings. The zero-order valence-electron chi connectivity index (χ0n) is 13.8. The fraction of sp³-hybridized carbons (Fsp3) is 0.250. The molecule has 0 N–H and O–H groups in total. The fourth-order valence-corrected chi connectivity index (χ4v) is 3.25. The second-order valence-corrected chi connectivity index (χ2v) is 6.17. The Morgan fingerprint density at radius 3 is 2.48 bits per heavy atom. The highest BCUT2D eigenvalue weighted by atomic mass is 16.5. The Morgan fingerprint density at radius 1 is 0.960 bits per heavy atom. The minimum Gasteiger partial charge on any atom is -0.460 e. The first-order chi connectivity index (χ1) is 12.3. The van der Waals surface area contributed by atoms with Crippen LogP contribution in [-0.2, 0) is 0 Å². The summed E-state index contributed by atoms with van der Waals surface area (Å²) in [6.07, 6.45) is 4.96. The highest BCUT2D eigenvalue weighted by Gasteiger charge is 2.25. The summed E-state index contributed by atoms with van der Waals surface area (Å²) in [4.78, 5) is 23.0. The minimum absolute atomic E-state index is 0.0546. The molecule has 0 atom stereocenters. The number of rotatable bonds is 3. The van der Waals surface area contributed by atoms with Crippen LogP contribution >= 0.6 is 0 Å². The van der Waals surface area contributed by atoms with Crippen LogP contribution in [0, 0.1) is 0 Å². The molecule has 0 radical (unpaired) electrons. The molecule has 1 saturated heterocycles. The molecule has 0 spiro atoms. The van der Waals surface area contributed by atoms with Crippen molar-refractivity contribution in [2.24, 2.45) is 0 Å². The maximum atomic E-state index is 12.9. The third kappa shape index (κ3) is 3.31. The number of amides is 1. The number of aromatic nitrogens is 2. The zero-order chi connectivity index (χ0) is 17.1. The Kier molecular flexibility index (Phi) is 4.29. The van der Waals surface area contributed by atoms with Crippen molar-refractivity contribution in [3.05, 3.63) is 66.5 Å². The molecule has 1 aromatic heterocycles. The predicted molar refractivity (Wildman–Crippen MR) is 95.5 cm³/mol. The Balaban J connectivity index is 1.44. The van der Waals surface area contributed by atoms with Gasteiger partial charge in [-0.2, -0.15) is 0 Å². The first-order valence-electron chi connectivity index (χ1n) is 8.52. The molecular weight excluding hydrogens is 314 g/mol. The lowest BCUT2D eigenvalue weighted by molar-refractivity contribution is 0.0580. The maximum Gasteiger partial charge on any atom is 0.316 e. The quantitative estimate of drug-likeness (QED) is 0.738. The van der Waals surface area contributed by atoms with Gasteiger partial charge in [0.2, 0.25) is 0 Å². The van der Waals surface area contributed by atoms with E-state index in [0.717, 1.165) is 29.2 Å². The van der Waals surface area contributed by atoms with Gasteiger partial charge in [-0.25, -0.2) is 9.97 Å². The second-order valence-electron chi connectivity index (χ2n) is 6.17. The number of likely N-dealkylation sites (tertiary alicyclic amines) is 1. The summed E-state index contributed by atoms with van der Waals surface area (Å²) in [5, 5.41) is 2.10. The number of fused-ring (bicyclic) bond motifs is 1. The van der Waals surface area contributed by atoms with Crippen LogP contribution in [0.15, 0.2) is 60.9 Å². The van der Waals surface area contributed by atoms with Crippen molar-refractivity contribution >= 4 is 16.7 Å². The van der Waals surface area contributed by atoms with Crippen molar-refractivity contribution in [2.45, 2.75) is 18.9 Å². The molecule has 0 saturated carbocycles. The Hall–Kier alpha value is -2.95. The minimum atomic E-state index is 0.0546. The summed E-state index contributed by atoms with van der Waals surface area (Å²) in [5.74, 6) is 0.0891. The van der Waals surface area contributed by atoms with Gasteiger partial charge >= 0.3 is 6.01 Å². The van der Waals surface area contributed by atoms with Crippen LogP contribution in [0.4, 0.5) is 0 Å². The van der Waals surface area contributed by atoms with Gasteiger partial charge in [0.15, 0.2) is 0 Å². The van der Waals surface area contributed by atoms with Gasteiger partial charge < -0.3 is 9.64 Å². The molecule has 5 nitrogen and oxygen atoms in total. The van der Waals surface area contributed by atoms with E-state index in [2.05, 4.69) is 9.97 Å². The van der Waals surface area contributed by atoms with Crippen LogP contribution in [0.5, 0.6) is 6.01 Å². The lowest BCUT2D eigenvalue weighted by atomic mass is 10.0. The largest absolute Gasteiger partial charge is 0.460 e. The van der Waals surface area contributed by atoms with Crippen LogP contribution in [0.1, 0.15) is 23.2 Å².